The number of anilines is 1. The van der Waals surface area contributed by atoms with Gasteiger partial charge in [-0.25, -0.2) is 4.79 Å². The van der Waals surface area contributed by atoms with Gasteiger partial charge >= 0.3 is 5.97 Å². The Morgan fingerprint density at radius 2 is 2.15 bits per heavy atom. The summed E-state index contributed by atoms with van der Waals surface area (Å²) in [7, 11) is 0. The number of benzene rings is 1. The molecule has 106 valence electrons. The summed E-state index contributed by atoms with van der Waals surface area (Å²) in [6.45, 7) is 6.41. The van der Waals surface area contributed by atoms with Crippen molar-refractivity contribution in [1.82, 2.24) is 0 Å². The molecular formula is C16H19NO2S. The van der Waals surface area contributed by atoms with Crippen LogP contribution in [0, 0.1) is 6.92 Å². The number of thiophene rings is 1. The minimum Gasteiger partial charge on any atom is -0.462 e. The maximum Gasteiger partial charge on any atom is 0.338 e. The molecule has 1 unspecified atom stereocenters. The van der Waals surface area contributed by atoms with E-state index in [0.29, 0.717) is 12.2 Å². The van der Waals surface area contributed by atoms with E-state index in [1.54, 1.807) is 24.3 Å². The van der Waals surface area contributed by atoms with Gasteiger partial charge in [-0.05, 0) is 51.1 Å². The Bertz CT molecular complexity index is 592. The van der Waals surface area contributed by atoms with E-state index in [1.165, 1.54) is 9.75 Å². The first-order valence-electron chi connectivity index (χ1n) is 6.70. The largest absolute Gasteiger partial charge is 0.462 e. The number of hydrogen-bond acceptors (Lipinski definition) is 4. The van der Waals surface area contributed by atoms with E-state index < -0.39 is 0 Å². The molecule has 20 heavy (non-hydrogen) atoms. The van der Waals surface area contributed by atoms with Gasteiger partial charge in [-0.15, -0.1) is 11.3 Å². The Kier molecular flexibility index (Phi) is 4.79. The molecule has 0 aliphatic carbocycles. The van der Waals surface area contributed by atoms with Gasteiger partial charge in [0.2, 0.25) is 0 Å². The van der Waals surface area contributed by atoms with E-state index in [-0.39, 0.29) is 12.0 Å². The molecule has 3 nitrogen and oxygen atoms in total. The molecule has 1 atom stereocenters. The molecule has 0 radical (unpaired) electrons. The molecule has 0 aliphatic rings. The van der Waals surface area contributed by atoms with Gasteiger partial charge < -0.3 is 10.1 Å². The van der Waals surface area contributed by atoms with Gasteiger partial charge in [0.25, 0.3) is 0 Å². The molecule has 0 aliphatic heterocycles. The number of ether oxygens (including phenoxy) is 1. The molecule has 0 spiro atoms. The fourth-order valence-corrected chi connectivity index (χ4v) is 2.84. The van der Waals surface area contributed by atoms with Gasteiger partial charge in [0.15, 0.2) is 0 Å². The molecule has 0 saturated carbocycles. The van der Waals surface area contributed by atoms with Crippen molar-refractivity contribution in [2.45, 2.75) is 26.8 Å². The van der Waals surface area contributed by atoms with Crippen LogP contribution < -0.4 is 5.32 Å². The fourth-order valence-electron chi connectivity index (χ4n) is 1.96. The molecule has 0 saturated heterocycles. The van der Waals surface area contributed by atoms with Gasteiger partial charge in [-0.3, -0.25) is 0 Å². The van der Waals surface area contributed by atoms with Gasteiger partial charge in [0, 0.05) is 15.4 Å². The number of carbonyl (C=O) groups is 1. The van der Waals surface area contributed by atoms with Crippen molar-refractivity contribution < 1.29 is 9.53 Å². The quantitative estimate of drug-likeness (QED) is 0.829. The molecular weight excluding hydrogens is 270 g/mol. The normalized spacial score (nSPS) is 11.9. The summed E-state index contributed by atoms with van der Waals surface area (Å²) in [6.07, 6.45) is 0. The minimum absolute atomic E-state index is 0.214. The summed E-state index contributed by atoms with van der Waals surface area (Å²) in [5.41, 5.74) is 1.50. The summed E-state index contributed by atoms with van der Waals surface area (Å²) >= 11 is 1.78. The third kappa shape index (κ3) is 3.61. The van der Waals surface area contributed by atoms with Crippen molar-refractivity contribution in [3.8, 4) is 0 Å². The second-order valence-corrected chi connectivity index (χ2v) is 5.94. The van der Waals surface area contributed by atoms with Crippen LogP contribution in [0.5, 0.6) is 0 Å². The maximum absolute atomic E-state index is 11.7. The van der Waals surface area contributed by atoms with Crippen LogP contribution in [0.2, 0.25) is 0 Å². The summed E-state index contributed by atoms with van der Waals surface area (Å²) in [4.78, 5) is 14.3. The third-order valence-corrected chi connectivity index (χ3v) is 4.13. The monoisotopic (exact) mass is 289 g/mol. The SMILES string of the molecule is CCOC(=O)c1cccc(NC(C)c2ccc(C)s2)c1. The van der Waals surface area contributed by atoms with Crippen molar-refractivity contribution >= 4 is 23.0 Å². The Hall–Kier alpha value is -1.81. The molecule has 0 amide bonds. The fraction of sp³-hybridized carbons (Fsp3) is 0.312. The van der Waals surface area contributed by atoms with Crippen molar-refractivity contribution in [3.05, 3.63) is 51.7 Å². The molecule has 1 aromatic carbocycles. The summed E-state index contributed by atoms with van der Waals surface area (Å²) in [5.74, 6) is -0.282. The summed E-state index contributed by atoms with van der Waals surface area (Å²) < 4.78 is 5.01. The number of rotatable bonds is 5. The van der Waals surface area contributed by atoms with Gasteiger partial charge in [0.1, 0.15) is 0 Å². The molecule has 0 fully saturated rings. The third-order valence-electron chi connectivity index (χ3n) is 2.94. The summed E-state index contributed by atoms with van der Waals surface area (Å²) in [5, 5.41) is 3.41. The lowest BCUT2D eigenvalue weighted by Crippen LogP contribution is -2.08. The van der Waals surface area contributed by atoms with Crippen LogP contribution in [-0.4, -0.2) is 12.6 Å². The van der Waals surface area contributed by atoms with Crippen LogP contribution in [-0.2, 0) is 4.74 Å². The van der Waals surface area contributed by atoms with E-state index in [1.807, 2.05) is 18.2 Å². The van der Waals surface area contributed by atoms with E-state index in [2.05, 4.69) is 31.3 Å². The second-order valence-electron chi connectivity index (χ2n) is 4.62. The van der Waals surface area contributed by atoms with Crippen molar-refractivity contribution in [3.63, 3.8) is 0 Å². The van der Waals surface area contributed by atoms with Crippen LogP contribution in [0.15, 0.2) is 36.4 Å². The molecule has 1 aromatic heterocycles. The lowest BCUT2D eigenvalue weighted by Gasteiger charge is -2.14. The zero-order chi connectivity index (χ0) is 14.5. The highest BCUT2D eigenvalue weighted by Gasteiger charge is 2.10. The minimum atomic E-state index is -0.282. The molecule has 2 rings (SSSR count). The van der Waals surface area contributed by atoms with E-state index in [9.17, 15) is 4.79 Å². The molecule has 0 bridgehead atoms. The van der Waals surface area contributed by atoms with Crippen LogP contribution >= 0.6 is 11.3 Å². The second kappa shape index (κ2) is 6.57. The number of aryl methyl sites for hydroxylation is 1. The molecule has 1 heterocycles. The Morgan fingerprint density at radius 3 is 2.80 bits per heavy atom. The summed E-state index contributed by atoms with van der Waals surface area (Å²) in [6, 6.07) is 11.9. The van der Waals surface area contributed by atoms with Gasteiger partial charge in [0.05, 0.1) is 18.2 Å². The van der Waals surface area contributed by atoms with Crippen molar-refractivity contribution in [2.24, 2.45) is 0 Å². The Balaban J connectivity index is 2.09. The topological polar surface area (TPSA) is 38.3 Å². The average molecular weight is 289 g/mol. The molecule has 4 heteroatoms. The lowest BCUT2D eigenvalue weighted by molar-refractivity contribution is 0.0526. The zero-order valence-electron chi connectivity index (χ0n) is 12.0. The van der Waals surface area contributed by atoms with E-state index >= 15 is 0 Å². The lowest BCUT2D eigenvalue weighted by atomic mass is 10.2. The molecule has 1 N–H and O–H groups in total. The Labute approximate surface area is 123 Å². The molecule has 2 aromatic rings. The average Bonchev–Trinajstić information content (AvgIpc) is 2.86. The van der Waals surface area contributed by atoms with E-state index in [0.717, 1.165) is 5.69 Å². The highest BCUT2D eigenvalue weighted by molar-refractivity contribution is 7.12. The van der Waals surface area contributed by atoms with Crippen LogP contribution in [0.25, 0.3) is 0 Å². The van der Waals surface area contributed by atoms with Crippen molar-refractivity contribution in [1.29, 1.82) is 0 Å². The van der Waals surface area contributed by atoms with E-state index in [4.69, 9.17) is 4.74 Å². The maximum atomic E-state index is 11.7. The first kappa shape index (κ1) is 14.6. The predicted octanol–water partition coefficient (Wildman–Crippen LogP) is 4.41. The van der Waals surface area contributed by atoms with Crippen LogP contribution in [0.4, 0.5) is 5.69 Å². The van der Waals surface area contributed by atoms with Crippen LogP contribution in [0.1, 0.15) is 40.0 Å². The standard InChI is InChI=1S/C16H19NO2S/c1-4-19-16(18)13-6-5-7-14(10-13)17-12(3)15-9-8-11(2)20-15/h5-10,12,17H,4H2,1-3H3. The Morgan fingerprint density at radius 1 is 1.35 bits per heavy atom. The predicted molar refractivity (Wildman–Crippen MR) is 83.5 cm³/mol. The first-order chi connectivity index (χ1) is 9.60. The van der Waals surface area contributed by atoms with Crippen molar-refractivity contribution in [2.75, 3.05) is 11.9 Å². The zero-order valence-corrected chi connectivity index (χ0v) is 12.8. The number of carbonyl (C=O) groups excluding carboxylic acids is 1. The highest BCUT2D eigenvalue weighted by Crippen LogP contribution is 2.26. The van der Waals surface area contributed by atoms with Gasteiger partial charge in [-0.2, -0.15) is 0 Å². The number of esters is 1. The first-order valence-corrected chi connectivity index (χ1v) is 7.52. The highest BCUT2D eigenvalue weighted by atomic mass is 32.1. The van der Waals surface area contributed by atoms with Crippen LogP contribution in [0.3, 0.4) is 0 Å². The number of hydrogen-bond donors (Lipinski definition) is 1. The number of nitrogens with one attached hydrogen (secondary N) is 1. The smallest absolute Gasteiger partial charge is 0.338 e. The van der Waals surface area contributed by atoms with Gasteiger partial charge in [-0.1, -0.05) is 6.07 Å².